The zero-order valence-corrected chi connectivity index (χ0v) is 13.6. The van der Waals surface area contributed by atoms with Crippen LogP contribution in [0.2, 0.25) is 0 Å². The molecule has 0 saturated heterocycles. The van der Waals surface area contributed by atoms with Crippen molar-refractivity contribution in [3.8, 4) is 5.75 Å². The van der Waals surface area contributed by atoms with Crippen LogP contribution in [0.3, 0.4) is 0 Å². The van der Waals surface area contributed by atoms with E-state index < -0.39 is 10.0 Å². The molecule has 0 heterocycles. The van der Waals surface area contributed by atoms with Crippen molar-refractivity contribution >= 4 is 26.0 Å². The van der Waals surface area contributed by atoms with Gasteiger partial charge in [0.05, 0.1) is 4.90 Å². The van der Waals surface area contributed by atoms with Gasteiger partial charge in [-0.2, -0.15) is 0 Å². The molecule has 0 unspecified atom stereocenters. The van der Waals surface area contributed by atoms with Crippen molar-refractivity contribution < 1.29 is 13.2 Å². The lowest BCUT2D eigenvalue weighted by atomic mass is 10.0. The number of hydrogen-bond donors (Lipinski definition) is 1. The van der Waals surface area contributed by atoms with Crippen LogP contribution < -0.4 is 9.88 Å². The minimum atomic E-state index is -3.73. The zero-order valence-electron chi connectivity index (χ0n) is 11.2. The van der Waals surface area contributed by atoms with E-state index in [1.807, 2.05) is 13.8 Å². The van der Waals surface area contributed by atoms with E-state index >= 15 is 0 Å². The Morgan fingerprint density at radius 2 is 2.05 bits per heavy atom. The van der Waals surface area contributed by atoms with Crippen molar-refractivity contribution in [1.82, 2.24) is 0 Å². The SMILES string of the molecule is C=C(Br)COc1cc(C(C)C)c(S(N)(=O)=O)cc1C. The first-order valence-corrected chi connectivity index (χ1v) is 8.10. The van der Waals surface area contributed by atoms with E-state index in [0.29, 0.717) is 22.4 Å². The molecule has 106 valence electrons. The molecule has 4 nitrogen and oxygen atoms in total. The average Bonchev–Trinajstić information content (AvgIpc) is 2.25. The minimum absolute atomic E-state index is 0.0310. The molecule has 0 bridgehead atoms. The molecule has 0 spiro atoms. The molecular formula is C13H18BrNO3S. The van der Waals surface area contributed by atoms with Crippen LogP contribution in [0.4, 0.5) is 0 Å². The third-order valence-corrected chi connectivity index (χ3v) is 3.82. The predicted molar refractivity (Wildman–Crippen MR) is 80.2 cm³/mol. The number of rotatable bonds is 5. The monoisotopic (exact) mass is 347 g/mol. The lowest BCUT2D eigenvalue weighted by Crippen LogP contribution is -2.16. The quantitative estimate of drug-likeness (QED) is 0.889. The Bertz CT molecular complexity index is 594. The molecule has 0 radical (unpaired) electrons. The molecule has 0 amide bonds. The van der Waals surface area contributed by atoms with Gasteiger partial charge >= 0.3 is 0 Å². The summed E-state index contributed by atoms with van der Waals surface area (Å²) in [5.41, 5.74) is 1.38. The van der Waals surface area contributed by atoms with Crippen LogP contribution in [0.25, 0.3) is 0 Å². The van der Waals surface area contributed by atoms with Gasteiger partial charge in [0.1, 0.15) is 12.4 Å². The van der Waals surface area contributed by atoms with Crippen LogP contribution in [-0.4, -0.2) is 15.0 Å². The standard InChI is InChI=1S/C13H18BrNO3S/c1-8(2)11-6-12(18-7-10(4)14)9(3)5-13(11)19(15,16)17/h5-6,8H,4,7H2,1-3H3,(H2,15,16,17). The van der Waals surface area contributed by atoms with Crippen LogP contribution in [-0.2, 0) is 10.0 Å². The van der Waals surface area contributed by atoms with E-state index in [1.165, 1.54) is 0 Å². The van der Waals surface area contributed by atoms with Crippen LogP contribution in [0.1, 0.15) is 30.9 Å². The highest BCUT2D eigenvalue weighted by atomic mass is 79.9. The Morgan fingerprint density at radius 1 is 1.47 bits per heavy atom. The van der Waals surface area contributed by atoms with E-state index in [9.17, 15) is 8.42 Å². The lowest BCUT2D eigenvalue weighted by Gasteiger charge is -2.16. The molecule has 6 heteroatoms. The van der Waals surface area contributed by atoms with Gasteiger partial charge in [-0.05, 0) is 36.1 Å². The fourth-order valence-electron chi connectivity index (χ4n) is 1.69. The summed E-state index contributed by atoms with van der Waals surface area (Å²) in [6, 6.07) is 3.28. The van der Waals surface area contributed by atoms with Crippen LogP contribution in [0.15, 0.2) is 28.1 Å². The smallest absolute Gasteiger partial charge is 0.238 e. The molecule has 0 aromatic heterocycles. The van der Waals surface area contributed by atoms with E-state index in [2.05, 4.69) is 22.5 Å². The Balaban J connectivity index is 3.33. The van der Waals surface area contributed by atoms with E-state index in [-0.39, 0.29) is 10.8 Å². The van der Waals surface area contributed by atoms with Gasteiger partial charge in [0, 0.05) is 4.48 Å². The fourth-order valence-corrected chi connectivity index (χ4v) is 2.77. The normalized spacial score (nSPS) is 11.7. The molecular weight excluding hydrogens is 330 g/mol. The highest BCUT2D eigenvalue weighted by molar-refractivity contribution is 9.11. The third-order valence-electron chi connectivity index (χ3n) is 2.62. The number of nitrogens with two attached hydrogens (primary N) is 1. The summed E-state index contributed by atoms with van der Waals surface area (Å²) in [6.07, 6.45) is 0. The van der Waals surface area contributed by atoms with Crippen molar-refractivity contribution in [2.24, 2.45) is 5.14 Å². The fraction of sp³-hybridized carbons (Fsp3) is 0.385. The number of primary sulfonamides is 1. The maximum Gasteiger partial charge on any atom is 0.238 e. The highest BCUT2D eigenvalue weighted by Gasteiger charge is 2.19. The third kappa shape index (κ3) is 4.33. The number of aryl methyl sites for hydroxylation is 1. The van der Waals surface area contributed by atoms with Gasteiger partial charge in [-0.25, -0.2) is 13.6 Å². The van der Waals surface area contributed by atoms with Gasteiger partial charge in [0.25, 0.3) is 0 Å². The summed E-state index contributed by atoms with van der Waals surface area (Å²) in [5.74, 6) is 0.667. The first kappa shape index (κ1) is 16.2. The van der Waals surface area contributed by atoms with Crippen molar-refractivity contribution in [2.75, 3.05) is 6.61 Å². The number of sulfonamides is 1. The van der Waals surface area contributed by atoms with Crippen LogP contribution in [0.5, 0.6) is 5.75 Å². The second kappa shape index (κ2) is 6.07. The summed E-state index contributed by atoms with van der Waals surface area (Å²) in [5, 5.41) is 5.25. The first-order valence-electron chi connectivity index (χ1n) is 5.76. The number of ether oxygens (including phenoxy) is 1. The first-order chi connectivity index (χ1) is 8.62. The molecule has 0 fully saturated rings. The number of benzene rings is 1. The van der Waals surface area contributed by atoms with Gasteiger partial charge in [-0.3, -0.25) is 0 Å². The van der Waals surface area contributed by atoms with Gasteiger partial charge in [0.15, 0.2) is 0 Å². The molecule has 0 saturated carbocycles. The van der Waals surface area contributed by atoms with Crippen LogP contribution >= 0.6 is 15.9 Å². The Morgan fingerprint density at radius 3 is 2.47 bits per heavy atom. The average molecular weight is 348 g/mol. The van der Waals surface area contributed by atoms with Gasteiger partial charge < -0.3 is 4.74 Å². The molecule has 0 atom stereocenters. The van der Waals surface area contributed by atoms with Crippen molar-refractivity contribution in [1.29, 1.82) is 0 Å². The summed E-state index contributed by atoms with van der Waals surface area (Å²) in [4.78, 5) is 0.157. The second-order valence-corrected chi connectivity index (χ2v) is 7.31. The molecule has 0 aliphatic rings. The zero-order chi connectivity index (χ0) is 14.8. The summed E-state index contributed by atoms with van der Waals surface area (Å²) < 4.78 is 29.5. The largest absolute Gasteiger partial charge is 0.488 e. The minimum Gasteiger partial charge on any atom is -0.488 e. The molecule has 1 rings (SSSR count). The van der Waals surface area contributed by atoms with Crippen molar-refractivity contribution in [3.63, 3.8) is 0 Å². The predicted octanol–water partition coefficient (Wildman–Crippen LogP) is 3.05. The maximum atomic E-state index is 11.6. The summed E-state index contributed by atoms with van der Waals surface area (Å²) in [6.45, 7) is 9.62. The summed E-state index contributed by atoms with van der Waals surface area (Å²) in [7, 11) is -3.73. The van der Waals surface area contributed by atoms with Gasteiger partial charge in [0.2, 0.25) is 10.0 Å². The molecule has 0 aliphatic carbocycles. The topological polar surface area (TPSA) is 69.4 Å². The van der Waals surface area contributed by atoms with Crippen molar-refractivity contribution in [2.45, 2.75) is 31.6 Å². The Hall–Kier alpha value is -0.850. The Labute approximate surface area is 122 Å². The van der Waals surface area contributed by atoms with E-state index in [1.54, 1.807) is 19.1 Å². The Kier molecular flexibility index (Phi) is 5.18. The van der Waals surface area contributed by atoms with Crippen molar-refractivity contribution in [3.05, 3.63) is 34.3 Å². The summed E-state index contributed by atoms with van der Waals surface area (Å²) >= 11 is 3.21. The molecule has 19 heavy (non-hydrogen) atoms. The highest BCUT2D eigenvalue weighted by Crippen LogP contribution is 2.30. The maximum absolute atomic E-state index is 11.6. The molecule has 1 aromatic rings. The molecule has 0 aliphatic heterocycles. The van der Waals surface area contributed by atoms with E-state index in [0.717, 1.165) is 5.56 Å². The lowest BCUT2D eigenvalue weighted by molar-refractivity contribution is 0.357. The number of hydrogen-bond acceptors (Lipinski definition) is 3. The van der Waals surface area contributed by atoms with Gasteiger partial charge in [-0.15, -0.1) is 0 Å². The molecule has 2 N–H and O–H groups in total. The van der Waals surface area contributed by atoms with E-state index in [4.69, 9.17) is 9.88 Å². The van der Waals surface area contributed by atoms with Crippen LogP contribution in [0, 0.1) is 6.92 Å². The molecule has 1 aromatic carbocycles. The van der Waals surface area contributed by atoms with Gasteiger partial charge in [-0.1, -0.05) is 36.4 Å². The number of halogens is 1. The second-order valence-electron chi connectivity index (χ2n) is 4.66.